The lowest BCUT2D eigenvalue weighted by Crippen LogP contribution is -2.24. The number of esters is 1. The number of nitro benzene ring substituents is 1. The van der Waals surface area contributed by atoms with Crippen LogP contribution in [-0.2, 0) is 23.8 Å². The first-order chi connectivity index (χ1) is 11.5. The van der Waals surface area contributed by atoms with Crippen LogP contribution in [0.25, 0.3) is 0 Å². The van der Waals surface area contributed by atoms with Crippen LogP contribution in [0.1, 0.15) is 0 Å². The quantitative estimate of drug-likeness (QED) is 0.462. The molecule has 1 heterocycles. The average Bonchev–Trinajstić information content (AvgIpc) is 2.60. The van der Waals surface area contributed by atoms with Gasteiger partial charge in [0.2, 0.25) is 5.76 Å². The zero-order valence-electron chi connectivity index (χ0n) is 12.6. The molecule has 1 aromatic carbocycles. The van der Waals surface area contributed by atoms with Gasteiger partial charge in [0.25, 0.3) is 11.6 Å². The largest absolute Gasteiger partial charge is 0.494 e. The Balaban J connectivity index is 1.93. The SMILES string of the molecule is COc1cc([N+](=O)[O-])ccc1NC(=O)COC(=O)C1=COCCO1. The number of methoxy groups -OCH3 is 1. The summed E-state index contributed by atoms with van der Waals surface area (Å²) in [5.74, 6) is -1.49. The van der Waals surface area contributed by atoms with Crippen molar-refractivity contribution < 1.29 is 33.5 Å². The zero-order chi connectivity index (χ0) is 17.5. The smallest absolute Gasteiger partial charge is 0.377 e. The van der Waals surface area contributed by atoms with Crippen molar-refractivity contribution in [2.45, 2.75) is 0 Å². The van der Waals surface area contributed by atoms with Gasteiger partial charge in [0, 0.05) is 6.07 Å². The Morgan fingerprint density at radius 2 is 2.17 bits per heavy atom. The molecule has 0 saturated carbocycles. The first kappa shape index (κ1) is 17.1. The summed E-state index contributed by atoms with van der Waals surface area (Å²) in [4.78, 5) is 33.6. The minimum absolute atomic E-state index is 0.107. The summed E-state index contributed by atoms with van der Waals surface area (Å²) in [6.07, 6.45) is 1.11. The first-order valence-corrected chi connectivity index (χ1v) is 6.75. The van der Waals surface area contributed by atoms with E-state index in [1.165, 1.54) is 25.3 Å². The first-order valence-electron chi connectivity index (χ1n) is 6.75. The number of nitro groups is 1. The number of ether oxygens (including phenoxy) is 4. The van der Waals surface area contributed by atoms with Crippen LogP contribution in [0.5, 0.6) is 5.75 Å². The fourth-order valence-corrected chi connectivity index (χ4v) is 1.76. The summed E-state index contributed by atoms with van der Waals surface area (Å²) in [5, 5.41) is 13.1. The van der Waals surface area contributed by atoms with Gasteiger partial charge < -0.3 is 24.3 Å². The molecule has 0 atom stereocenters. The molecule has 0 aliphatic carbocycles. The van der Waals surface area contributed by atoms with Gasteiger partial charge in [0.15, 0.2) is 6.61 Å². The number of benzene rings is 1. The maximum Gasteiger partial charge on any atom is 0.377 e. The maximum absolute atomic E-state index is 11.8. The third-order valence-electron chi connectivity index (χ3n) is 2.85. The molecule has 1 aliphatic rings. The molecule has 0 saturated heterocycles. The molecule has 128 valence electrons. The van der Waals surface area contributed by atoms with Crippen molar-refractivity contribution in [3.8, 4) is 5.75 Å². The molecule has 0 radical (unpaired) electrons. The Kier molecular flexibility index (Phi) is 5.55. The van der Waals surface area contributed by atoms with Crippen molar-refractivity contribution in [1.29, 1.82) is 0 Å². The average molecular weight is 338 g/mol. The molecule has 0 bridgehead atoms. The van der Waals surface area contributed by atoms with E-state index in [0.717, 1.165) is 6.26 Å². The third kappa shape index (κ3) is 4.35. The van der Waals surface area contributed by atoms with Crippen molar-refractivity contribution in [3.63, 3.8) is 0 Å². The standard InChI is InChI=1S/C14H14N2O8/c1-21-11-6-9(16(19)20)2-3-10(11)15-13(17)8-24-14(18)12-7-22-4-5-23-12/h2-3,6-7H,4-5,8H2,1H3,(H,15,17). The number of nitrogens with zero attached hydrogens (tertiary/aromatic N) is 1. The van der Waals surface area contributed by atoms with Gasteiger partial charge in [-0.1, -0.05) is 0 Å². The topological polar surface area (TPSA) is 126 Å². The highest BCUT2D eigenvalue weighted by Crippen LogP contribution is 2.28. The molecule has 0 unspecified atom stereocenters. The molecule has 1 amide bonds. The Labute approximate surface area is 136 Å². The normalized spacial score (nSPS) is 13.0. The summed E-state index contributed by atoms with van der Waals surface area (Å²) in [6.45, 7) is -0.0238. The van der Waals surface area contributed by atoms with Gasteiger partial charge >= 0.3 is 5.97 Å². The van der Waals surface area contributed by atoms with Crippen molar-refractivity contribution >= 4 is 23.3 Å². The lowest BCUT2D eigenvalue weighted by Gasteiger charge is -2.14. The highest BCUT2D eigenvalue weighted by molar-refractivity contribution is 5.95. The predicted molar refractivity (Wildman–Crippen MR) is 79.2 cm³/mol. The van der Waals surface area contributed by atoms with Gasteiger partial charge in [-0.15, -0.1) is 0 Å². The molecule has 10 nitrogen and oxygen atoms in total. The number of carbonyl (C=O) groups excluding carboxylic acids is 2. The molecule has 0 aromatic heterocycles. The zero-order valence-corrected chi connectivity index (χ0v) is 12.6. The summed E-state index contributed by atoms with van der Waals surface area (Å²) >= 11 is 0. The van der Waals surface area contributed by atoms with E-state index >= 15 is 0 Å². The molecule has 1 aromatic rings. The second kappa shape index (κ2) is 7.81. The van der Waals surface area contributed by atoms with Crippen LogP contribution in [0.4, 0.5) is 11.4 Å². The van der Waals surface area contributed by atoms with Crippen LogP contribution in [0.2, 0.25) is 0 Å². The van der Waals surface area contributed by atoms with Crippen LogP contribution in [0.15, 0.2) is 30.2 Å². The summed E-state index contributed by atoms with van der Waals surface area (Å²) in [5.41, 5.74) is 0.0262. The summed E-state index contributed by atoms with van der Waals surface area (Å²) in [6, 6.07) is 3.69. The van der Waals surface area contributed by atoms with Crippen LogP contribution in [0.3, 0.4) is 0 Å². The van der Waals surface area contributed by atoms with Gasteiger partial charge in [0.1, 0.15) is 25.2 Å². The minimum Gasteiger partial charge on any atom is -0.494 e. The number of anilines is 1. The fraction of sp³-hybridized carbons (Fsp3) is 0.286. The summed E-state index contributed by atoms with van der Waals surface area (Å²) in [7, 11) is 1.31. The number of non-ortho nitro benzene ring substituents is 1. The second-order valence-electron chi connectivity index (χ2n) is 4.47. The maximum atomic E-state index is 11.8. The number of hydrogen-bond donors (Lipinski definition) is 1. The van der Waals surface area contributed by atoms with Crippen LogP contribution in [-0.4, -0.2) is 43.7 Å². The van der Waals surface area contributed by atoms with Crippen molar-refractivity contribution in [3.05, 3.63) is 40.3 Å². The van der Waals surface area contributed by atoms with E-state index in [-0.39, 0.29) is 29.5 Å². The van der Waals surface area contributed by atoms with Crippen molar-refractivity contribution in [2.24, 2.45) is 0 Å². The van der Waals surface area contributed by atoms with Crippen LogP contribution < -0.4 is 10.1 Å². The number of carbonyl (C=O) groups is 2. The Morgan fingerprint density at radius 3 is 2.79 bits per heavy atom. The molecule has 1 aliphatic heterocycles. The minimum atomic E-state index is -0.833. The molecule has 2 rings (SSSR count). The Hall–Kier alpha value is -3.30. The van der Waals surface area contributed by atoms with E-state index in [9.17, 15) is 19.7 Å². The lowest BCUT2D eigenvalue weighted by molar-refractivity contribution is -0.384. The fourth-order valence-electron chi connectivity index (χ4n) is 1.76. The number of hydrogen-bond acceptors (Lipinski definition) is 8. The predicted octanol–water partition coefficient (Wildman–Crippen LogP) is 0.973. The molecule has 1 N–H and O–H groups in total. The van der Waals surface area contributed by atoms with E-state index in [1.54, 1.807) is 0 Å². The Bertz CT molecular complexity index is 685. The van der Waals surface area contributed by atoms with Crippen LogP contribution in [0, 0.1) is 10.1 Å². The van der Waals surface area contributed by atoms with Gasteiger partial charge in [-0.05, 0) is 6.07 Å². The third-order valence-corrected chi connectivity index (χ3v) is 2.85. The number of nitrogens with one attached hydrogen (secondary N) is 1. The molecule has 0 fully saturated rings. The van der Waals surface area contributed by atoms with Crippen molar-refractivity contribution in [1.82, 2.24) is 0 Å². The van der Waals surface area contributed by atoms with Crippen LogP contribution >= 0.6 is 0 Å². The molecule has 0 spiro atoms. The molecular formula is C14H14N2O8. The lowest BCUT2D eigenvalue weighted by atomic mass is 10.2. The van der Waals surface area contributed by atoms with Crippen molar-refractivity contribution in [2.75, 3.05) is 32.2 Å². The highest BCUT2D eigenvalue weighted by atomic mass is 16.6. The van der Waals surface area contributed by atoms with E-state index in [4.69, 9.17) is 18.9 Å². The van der Waals surface area contributed by atoms with E-state index in [0.29, 0.717) is 6.61 Å². The van der Waals surface area contributed by atoms with E-state index in [1.807, 2.05) is 0 Å². The molecule has 10 heteroatoms. The Morgan fingerprint density at radius 1 is 1.38 bits per heavy atom. The van der Waals surface area contributed by atoms with Gasteiger partial charge in [0.05, 0.1) is 23.8 Å². The van der Waals surface area contributed by atoms with E-state index in [2.05, 4.69) is 5.32 Å². The number of amides is 1. The highest BCUT2D eigenvalue weighted by Gasteiger charge is 2.19. The van der Waals surface area contributed by atoms with Gasteiger partial charge in [-0.2, -0.15) is 0 Å². The molecular weight excluding hydrogens is 324 g/mol. The summed E-state index contributed by atoms with van der Waals surface area (Å²) < 4.78 is 19.7. The molecule has 24 heavy (non-hydrogen) atoms. The van der Waals surface area contributed by atoms with E-state index < -0.39 is 23.4 Å². The van der Waals surface area contributed by atoms with Gasteiger partial charge in [-0.25, -0.2) is 4.79 Å². The second-order valence-corrected chi connectivity index (χ2v) is 4.47. The monoisotopic (exact) mass is 338 g/mol. The van der Waals surface area contributed by atoms with Gasteiger partial charge in [-0.3, -0.25) is 14.9 Å². The number of rotatable bonds is 6.